The first-order valence-electron chi connectivity index (χ1n) is 7.94. The van der Waals surface area contributed by atoms with Crippen LogP contribution < -0.4 is 10.6 Å². The van der Waals surface area contributed by atoms with Crippen molar-refractivity contribution in [1.29, 1.82) is 0 Å². The van der Waals surface area contributed by atoms with Crippen LogP contribution >= 0.6 is 11.6 Å². The van der Waals surface area contributed by atoms with Gasteiger partial charge in [0, 0.05) is 6.54 Å². The van der Waals surface area contributed by atoms with Gasteiger partial charge in [0.15, 0.2) is 0 Å². The summed E-state index contributed by atoms with van der Waals surface area (Å²) in [5.74, 6) is 0.335. The lowest BCUT2D eigenvalue weighted by Gasteiger charge is -2.12. The smallest absolute Gasteiger partial charge is 0.244 e. The van der Waals surface area contributed by atoms with E-state index in [2.05, 4.69) is 15.6 Å². The van der Waals surface area contributed by atoms with Gasteiger partial charge in [-0.2, -0.15) is 0 Å². The van der Waals surface area contributed by atoms with Crippen LogP contribution in [0.5, 0.6) is 0 Å². The number of carbonyl (C=O) groups is 1. The van der Waals surface area contributed by atoms with Gasteiger partial charge in [0.25, 0.3) is 0 Å². The topological polar surface area (TPSA) is 79.2 Å². The molecule has 3 rings (SSSR count). The molecule has 0 aliphatic heterocycles. The monoisotopic (exact) mass is 358 g/mol. The Balaban J connectivity index is 1.84. The Labute approximate surface area is 150 Å². The fourth-order valence-corrected chi connectivity index (χ4v) is 2.88. The number of benzene rings is 2. The van der Waals surface area contributed by atoms with E-state index in [9.17, 15) is 4.79 Å². The van der Waals surface area contributed by atoms with Crippen LogP contribution in [-0.2, 0) is 11.3 Å². The molecule has 0 radical (unpaired) electrons. The largest absolute Gasteiger partial charge is 0.395 e. The van der Waals surface area contributed by atoms with Gasteiger partial charge in [0.05, 0.1) is 28.4 Å². The molecule has 2 aromatic carbocycles. The van der Waals surface area contributed by atoms with Gasteiger partial charge in [-0.15, -0.1) is 0 Å². The second kappa shape index (κ2) is 7.55. The van der Waals surface area contributed by atoms with Crippen molar-refractivity contribution < 1.29 is 9.90 Å². The summed E-state index contributed by atoms with van der Waals surface area (Å²) in [4.78, 5) is 17.0. The normalized spacial score (nSPS) is 10.8. The summed E-state index contributed by atoms with van der Waals surface area (Å²) in [7, 11) is 0. The number of aliphatic hydroxyl groups excluding tert-OH is 1. The molecular formula is C18H19ClN4O2. The second-order valence-electron chi connectivity index (χ2n) is 5.69. The van der Waals surface area contributed by atoms with Crippen LogP contribution in [0.1, 0.15) is 5.56 Å². The number of aromatic nitrogens is 2. The Morgan fingerprint density at radius 1 is 1.28 bits per heavy atom. The molecule has 7 heteroatoms. The number of hydrogen-bond donors (Lipinski definition) is 3. The molecule has 1 heterocycles. The molecule has 3 N–H and O–H groups in total. The standard InChI is InChI=1S/C18H19ClN4O2/c1-12-6-7-14(13(19)10-12)21-17(25)11-23-16-5-3-2-4-15(16)22-18(23)20-8-9-24/h2-7,10,24H,8-9,11H2,1H3,(H,20,22)(H,21,25). The highest BCUT2D eigenvalue weighted by atomic mass is 35.5. The summed E-state index contributed by atoms with van der Waals surface area (Å²) in [6.07, 6.45) is 0. The van der Waals surface area contributed by atoms with E-state index in [0.29, 0.717) is 23.2 Å². The summed E-state index contributed by atoms with van der Waals surface area (Å²) in [5, 5.41) is 15.4. The van der Waals surface area contributed by atoms with Crippen molar-refractivity contribution >= 4 is 40.2 Å². The molecule has 1 amide bonds. The minimum absolute atomic E-state index is 0.0195. The van der Waals surface area contributed by atoms with Gasteiger partial charge in [-0.05, 0) is 36.8 Å². The highest BCUT2D eigenvalue weighted by Gasteiger charge is 2.14. The van der Waals surface area contributed by atoms with Gasteiger partial charge in [0.1, 0.15) is 6.54 Å². The van der Waals surface area contributed by atoms with Crippen molar-refractivity contribution in [3.8, 4) is 0 Å². The average Bonchev–Trinajstić information content (AvgIpc) is 2.93. The zero-order chi connectivity index (χ0) is 17.8. The van der Waals surface area contributed by atoms with Crippen molar-refractivity contribution in [2.75, 3.05) is 23.8 Å². The minimum Gasteiger partial charge on any atom is -0.395 e. The van der Waals surface area contributed by atoms with Crippen molar-refractivity contribution in [3.63, 3.8) is 0 Å². The van der Waals surface area contributed by atoms with Crippen LogP contribution in [-0.4, -0.2) is 33.7 Å². The molecule has 0 saturated carbocycles. The highest BCUT2D eigenvalue weighted by molar-refractivity contribution is 6.33. The molecule has 0 spiro atoms. The van der Waals surface area contributed by atoms with Crippen LogP contribution in [0.2, 0.25) is 5.02 Å². The molecule has 25 heavy (non-hydrogen) atoms. The molecule has 0 saturated heterocycles. The summed E-state index contributed by atoms with van der Waals surface area (Å²) >= 11 is 6.18. The molecular weight excluding hydrogens is 340 g/mol. The third kappa shape index (κ3) is 3.92. The summed E-state index contributed by atoms with van der Waals surface area (Å²) in [6, 6.07) is 13.0. The summed E-state index contributed by atoms with van der Waals surface area (Å²) < 4.78 is 1.78. The maximum absolute atomic E-state index is 12.5. The lowest BCUT2D eigenvalue weighted by atomic mass is 10.2. The van der Waals surface area contributed by atoms with E-state index in [-0.39, 0.29) is 19.1 Å². The lowest BCUT2D eigenvalue weighted by molar-refractivity contribution is -0.116. The Kier molecular flexibility index (Phi) is 5.21. The van der Waals surface area contributed by atoms with Crippen molar-refractivity contribution in [1.82, 2.24) is 9.55 Å². The number of amides is 1. The van der Waals surface area contributed by atoms with Crippen LogP contribution in [0.4, 0.5) is 11.6 Å². The van der Waals surface area contributed by atoms with Crippen molar-refractivity contribution in [2.24, 2.45) is 0 Å². The van der Waals surface area contributed by atoms with Gasteiger partial charge in [-0.3, -0.25) is 4.79 Å². The molecule has 0 aliphatic carbocycles. The van der Waals surface area contributed by atoms with E-state index in [4.69, 9.17) is 16.7 Å². The number of anilines is 2. The Bertz CT molecular complexity index is 907. The van der Waals surface area contributed by atoms with Gasteiger partial charge < -0.3 is 20.3 Å². The number of imidazole rings is 1. The first kappa shape index (κ1) is 17.3. The first-order valence-corrected chi connectivity index (χ1v) is 8.32. The van der Waals surface area contributed by atoms with Crippen LogP contribution in [0.25, 0.3) is 11.0 Å². The zero-order valence-electron chi connectivity index (χ0n) is 13.8. The molecule has 0 unspecified atom stereocenters. The maximum atomic E-state index is 12.5. The Hall–Kier alpha value is -2.57. The van der Waals surface area contributed by atoms with Gasteiger partial charge in [0.2, 0.25) is 11.9 Å². The molecule has 0 fully saturated rings. The lowest BCUT2D eigenvalue weighted by Crippen LogP contribution is -2.21. The number of para-hydroxylation sites is 2. The number of carbonyl (C=O) groups excluding carboxylic acids is 1. The maximum Gasteiger partial charge on any atom is 0.244 e. The van der Waals surface area contributed by atoms with Crippen molar-refractivity contribution in [3.05, 3.63) is 53.1 Å². The SMILES string of the molecule is Cc1ccc(NC(=O)Cn2c(NCCO)nc3ccccc32)c(Cl)c1. The Morgan fingerprint density at radius 3 is 2.84 bits per heavy atom. The number of aryl methyl sites for hydroxylation is 1. The van der Waals surface area contributed by atoms with Crippen LogP contribution in [0.3, 0.4) is 0 Å². The number of nitrogens with one attached hydrogen (secondary N) is 2. The number of aliphatic hydroxyl groups is 1. The quantitative estimate of drug-likeness (QED) is 0.632. The molecule has 0 aliphatic rings. The molecule has 130 valence electrons. The number of halogens is 1. The van der Waals surface area contributed by atoms with Gasteiger partial charge in [-0.1, -0.05) is 29.8 Å². The molecule has 6 nitrogen and oxygen atoms in total. The van der Waals surface area contributed by atoms with E-state index >= 15 is 0 Å². The van der Waals surface area contributed by atoms with Crippen LogP contribution in [0, 0.1) is 6.92 Å². The number of rotatable bonds is 6. The second-order valence-corrected chi connectivity index (χ2v) is 6.10. The number of nitrogens with zero attached hydrogens (tertiary/aromatic N) is 2. The van der Waals surface area contributed by atoms with E-state index in [1.807, 2.05) is 37.3 Å². The van der Waals surface area contributed by atoms with Gasteiger partial charge >= 0.3 is 0 Å². The zero-order valence-corrected chi connectivity index (χ0v) is 14.5. The van der Waals surface area contributed by atoms with E-state index < -0.39 is 0 Å². The Morgan fingerprint density at radius 2 is 2.08 bits per heavy atom. The fourth-order valence-electron chi connectivity index (χ4n) is 2.59. The van der Waals surface area contributed by atoms with Gasteiger partial charge in [-0.25, -0.2) is 4.98 Å². The molecule has 3 aromatic rings. The van der Waals surface area contributed by atoms with E-state index in [1.54, 1.807) is 16.7 Å². The highest BCUT2D eigenvalue weighted by Crippen LogP contribution is 2.24. The summed E-state index contributed by atoms with van der Waals surface area (Å²) in [5.41, 5.74) is 3.22. The molecule has 0 atom stereocenters. The summed E-state index contributed by atoms with van der Waals surface area (Å²) in [6.45, 7) is 2.36. The first-order chi connectivity index (χ1) is 12.1. The van der Waals surface area contributed by atoms with E-state index in [0.717, 1.165) is 16.6 Å². The van der Waals surface area contributed by atoms with Crippen molar-refractivity contribution in [2.45, 2.75) is 13.5 Å². The predicted molar refractivity (Wildman–Crippen MR) is 100 cm³/mol. The fraction of sp³-hybridized carbons (Fsp3) is 0.222. The predicted octanol–water partition coefficient (Wildman–Crippen LogP) is 3.04. The number of hydrogen-bond acceptors (Lipinski definition) is 4. The van der Waals surface area contributed by atoms with E-state index in [1.165, 1.54) is 0 Å². The number of fused-ring (bicyclic) bond motifs is 1. The van der Waals surface area contributed by atoms with Crippen LogP contribution in [0.15, 0.2) is 42.5 Å². The third-order valence-corrected chi connectivity index (χ3v) is 4.06. The minimum atomic E-state index is -0.207. The average molecular weight is 359 g/mol. The third-order valence-electron chi connectivity index (χ3n) is 3.75. The molecule has 1 aromatic heterocycles. The molecule has 0 bridgehead atoms.